The third-order valence-corrected chi connectivity index (χ3v) is 4.74. The largest absolute Gasteiger partial charge is 0.370 e. The van der Waals surface area contributed by atoms with Crippen molar-refractivity contribution < 1.29 is 0 Å². The second-order valence-electron chi connectivity index (χ2n) is 6.63. The number of hydrogen-bond acceptors (Lipinski definition) is 2. The van der Waals surface area contributed by atoms with Gasteiger partial charge < -0.3 is 11.1 Å². The zero-order chi connectivity index (χ0) is 15.2. The van der Waals surface area contributed by atoms with Crippen LogP contribution in [0.15, 0.2) is 29.3 Å². The molecule has 0 spiro atoms. The Morgan fingerprint density at radius 1 is 1.14 bits per heavy atom. The lowest BCUT2D eigenvalue weighted by Gasteiger charge is -2.15. The molecule has 0 bridgehead atoms. The van der Waals surface area contributed by atoms with E-state index in [1.54, 1.807) is 0 Å². The van der Waals surface area contributed by atoms with Gasteiger partial charge in [0.05, 0.1) is 6.54 Å². The van der Waals surface area contributed by atoms with Gasteiger partial charge in [-0.2, -0.15) is 0 Å². The molecule has 0 radical (unpaired) electrons. The third kappa shape index (κ3) is 4.47. The number of aliphatic imine (C=N–C) groups is 1. The molecule has 0 amide bonds. The predicted molar refractivity (Wildman–Crippen MR) is 91.7 cm³/mol. The fourth-order valence-electron chi connectivity index (χ4n) is 3.53. The fourth-order valence-corrected chi connectivity index (χ4v) is 3.53. The van der Waals surface area contributed by atoms with Crippen LogP contribution in [0.1, 0.15) is 49.7 Å². The first kappa shape index (κ1) is 15.3. The molecule has 1 aromatic rings. The van der Waals surface area contributed by atoms with Gasteiger partial charge in [0.25, 0.3) is 0 Å². The number of nitrogens with two attached hydrogens (primary N) is 1. The van der Waals surface area contributed by atoms with E-state index in [1.807, 2.05) is 0 Å². The maximum Gasteiger partial charge on any atom is 0.189 e. The van der Waals surface area contributed by atoms with Gasteiger partial charge in [-0.1, -0.05) is 37.1 Å². The van der Waals surface area contributed by atoms with E-state index in [4.69, 9.17) is 5.73 Å². The zero-order valence-electron chi connectivity index (χ0n) is 13.4. The maximum atomic E-state index is 6.00. The Bertz CT molecular complexity index is 500. The van der Waals surface area contributed by atoms with Crippen molar-refractivity contribution in [2.45, 2.75) is 57.7 Å². The molecule has 1 aromatic carbocycles. The minimum atomic E-state index is 0.533. The standard InChI is InChI=1S/C18H28N4/c19-18(21-17-8-1-2-9-17)20-13-15-6-5-7-16(12-15)14-22-10-3-4-11-22/h5-7,12,17H,1-4,8-11,13-14H2,(H3,19,20,21). The van der Waals surface area contributed by atoms with Crippen LogP contribution in [0.3, 0.4) is 0 Å². The molecule has 1 aliphatic carbocycles. The van der Waals surface area contributed by atoms with Crippen molar-refractivity contribution in [1.82, 2.24) is 10.2 Å². The van der Waals surface area contributed by atoms with Gasteiger partial charge in [0, 0.05) is 12.6 Å². The molecule has 0 atom stereocenters. The van der Waals surface area contributed by atoms with Crippen LogP contribution in [0.4, 0.5) is 0 Å². The third-order valence-electron chi connectivity index (χ3n) is 4.74. The van der Waals surface area contributed by atoms with Crippen molar-refractivity contribution in [3.05, 3.63) is 35.4 Å². The minimum Gasteiger partial charge on any atom is -0.370 e. The quantitative estimate of drug-likeness (QED) is 0.649. The second kappa shape index (κ2) is 7.63. The second-order valence-corrected chi connectivity index (χ2v) is 6.63. The lowest BCUT2D eigenvalue weighted by molar-refractivity contribution is 0.331. The van der Waals surface area contributed by atoms with Gasteiger partial charge in [-0.25, -0.2) is 4.99 Å². The molecule has 2 fully saturated rings. The molecule has 4 heteroatoms. The molecule has 0 unspecified atom stereocenters. The summed E-state index contributed by atoms with van der Waals surface area (Å²) >= 11 is 0. The van der Waals surface area contributed by atoms with Crippen molar-refractivity contribution in [2.75, 3.05) is 13.1 Å². The maximum absolute atomic E-state index is 6.00. The van der Waals surface area contributed by atoms with E-state index in [2.05, 4.69) is 39.5 Å². The minimum absolute atomic E-state index is 0.533. The number of guanidine groups is 1. The number of nitrogens with one attached hydrogen (secondary N) is 1. The van der Waals surface area contributed by atoms with Gasteiger partial charge in [-0.3, -0.25) is 4.90 Å². The zero-order valence-corrected chi connectivity index (χ0v) is 13.4. The van der Waals surface area contributed by atoms with E-state index in [-0.39, 0.29) is 0 Å². The molecule has 1 saturated carbocycles. The van der Waals surface area contributed by atoms with Crippen LogP contribution in [0.25, 0.3) is 0 Å². The van der Waals surface area contributed by atoms with Crippen molar-refractivity contribution in [1.29, 1.82) is 0 Å². The molecule has 3 N–H and O–H groups in total. The molecular weight excluding hydrogens is 272 g/mol. The van der Waals surface area contributed by atoms with Crippen LogP contribution in [0, 0.1) is 0 Å². The van der Waals surface area contributed by atoms with Crippen LogP contribution >= 0.6 is 0 Å². The average Bonchev–Trinajstić information content (AvgIpc) is 3.19. The van der Waals surface area contributed by atoms with Crippen molar-refractivity contribution in [3.63, 3.8) is 0 Å². The molecule has 2 aliphatic rings. The molecule has 1 saturated heterocycles. The van der Waals surface area contributed by atoms with E-state index in [0.29, 0.717) is 18.5 Å². The monoisotopic (exact) mass is 300 g/mol. The van der Waals surface area contributed by atoms with E-state index in [9.17, 15) is 0 Å². The van der Waals surface area contributed by atoms with Crippen molar-refractivity contribution in [2.24, 2.45) is 10.7 Å². The number of nitrogens with zero attached hydrogens (tertiary/aromatic N) is 2. The molecular formula is C18H28N4. The summed E-state index contributed by atoms with van der Waals surface area (Å²) in [6, 6.07) is 9.29. The highest BCUT2D eigenvalue weighted by atomic mass is 15.1. The topological polar surface area (TPSA) is 53.6 Å². The average molecular weight is 300 g/mol. The van der Waals surface area contributed by atoms with Gasteiger partial charge >= 0.3 is 0 Å². The van der Waals surface area contributed by atoms with Crippen LogP contribution in [-0.4, -0.2) is 30.0 Å². The number of hydrogen-bond donors (Lipinski definition) is 2. The van der Waals surface area contributed by atoms with Crippen LogP contribution in [-0.2, 0) is 13.1 Å². The van der Waals surface area contributed by atoms with E-state index < -0.39 is 0 Å². The predicted octanol–water partition coefficient (Wildman–Crippen LogP) is 2.63. The molecule has 4 nitrogen and oxygen atoms in total. The van der Waals surface area contributed by atoms with E-state index in [1.165, 1.54) is 62.7 Å². The Hall–Kier alpha value is -1.55. The lowest BCUT2D eigenvalue weighted by Crippen LogP contribution is -2.38. The lowest BCUT2D eigenvalue weighted by atomic mass is 10.1. The molecule has 0 aromatic heterocycles. The van der Waals surface area contributed by atoms with Gasteiger partial charge in [-0.15, -0.1) is 0 Å². The van der Waals surface area contributed by atoms with Crippen LogP contribution in [0.2, 0.25) is 0 Å². The number of likely N-dealkylation sites (tertiary alicyclic amines) is 1. The molecule has 22 heavy (non-hydrogen) atoms. The summed E-state index contributed by atoms with van der Waals surface area (Å²) in [5.74, 6) is 0.594. The Labute approximate surface area is 133 Å². The van der Waals surface area contributed by atoms with Gasteiger partial charge in [0.15, 0.2) is 5.96 Å². The Morgan fingerprint density at radius 3 is 2.64 bits per heavy atom. The first-order chi connectivity index (χ1) is 10.8. The van der Waals surface area contributed by atoms with E-state index in [0.717, 1.165) is 6.54 Å². The summed E-state index contributed by atoms with van der Waals surface area (Å²) in [5, 5.41) is 3.34. The highest BCUT2D eigenvalue weighted by molar-refractivity contribution is 5.78. The van der Waals surface area contributed by atoms with Gasteiger partial charge in [-0.05, 0) is 49.9 Å². The number of benzene rings is 1. The first-order valence-corrected chi connectivity index (χ1v) is 8.66. The van der Waals surface area contributed by atoms with Crippen LogP contribution in [0.5, 0.6) is 0 Å². The summed E-state index contributed by atoms with van der Waals surface area (Å²) in [4.78, 5) is 7.03. The van der Waals surface area contributed by atoms with Crippen molar-refractivity contribution in [3.8, 4) is 0 Å². The Balaban J connectivity index is 1.52. The summed E-state index contributed by atoms with van der Waals surface area (Å²) in [5.41, 5.74) is 8.63. The summed E-state index contributed by atoms with van der Waals surface area (Å²) in [6.07, 6.45) is 7.75. The molecule has 3 rings (SSSR count). The Kier molecular flexibility index (Phi) is 5.33. The van der Waals surface area contributed by atoms with Crippen LogP contribution < -0.4 is 11.1 Å². The summed E-state index contributed by atoms with van der Waals surface area (Å²) in [6.45, 7) is 4.20. The first-order valence-electron chi connectivity index (χ1n) is 8.66. The number of rotatable bonds is 5. The van der Waals surface area contributed by atoms with Gasteiger partial charge in [0.1, 0.15) is 0 Å². The molecule has 1 heterocycles. The summed E-state index contributed by atoms with van der Waals surface area (Å²) < 4.78 is 0. The summed E-state index contributed by atoms with van der Waals surface area (Å²) in [7, 11) is 0. The molecule has 120 valence electrons. The van der Waals surface area contributed by atoms with Gasteiger partial charge in [0.2, 0.25) is 0 Å². The SMILES string of the molecule is NC(=NCc1cccc(CN2CCCC2)c1)NC1CCCC1. The highest BCUT2D eigenvalue weighted by Crippen LogP contribution is 2.17. The fraction of sp³-hybridized carbons (Fsp3) is 0.611. The van der Waals surface area contributed by atoms with E-state index >= 15 is 0 Å². The Morgan fingerprint density at radius 2 is 1.86 bits per heavy atom. The van der Waals surface area contributed by atoms with Crippen molar-refractivity contribution >= 4 is 5.96 Å². The normalized spacial score (nSPS) is 20.6. The highest BCUT2D eigenvalue weighted by Gasteiger charge is 2.15. The molecule has 1 aliphatic heterocycles. The smallest absolute Gasteiger partial charge is 0.189 e.